The lowest BCUT2D eigenvalue weighted by atomic mass is 9.88. The molecule has 1 aromatic carbocycles. The third-order valence-electron chi connectivity index (χ3n) is 4.59. The van der Waals surface area contributed by atoms with E-state index in [4.69, 9.17) is 4.52 Å². The van der Waals surface area contributed by atoms with Crippen LogP contribution in [0, 0.1) is 13.8 Å². The maximum Gasteiger partial charge on any atom is 0.317 e. The minimum absolute atomic E-state index is 0.0632. The zero-order chi connectivity index (χ0) is 16.4. The summed E-state index contributed by atoms with van der Waals surface area (Å²) < 4.78 is 5.16. The fourth-order valence-electron chi connectivity index (χ4n) is 3.20. The summed E-state index contributed by atoms with van der Waals surface area (Å²) in [6, 6.07) is 8.41. The Kier molecular flexibility index (Phi) is 4.37. The summed E-state index contributed by atoms with van der Waals surface area (Å²) in [5.74, 6) is 0.769. The zero-order valence-corrected chi connectivity index (χ0v) is 13.9. The zero-order valence-electron chi connectivity index (χ0n) is 13.9. The van der Waals surface area contributed by atoms with Crippen molar-refractivity contribution < 1.29 is 9.32 Å². The van der Waals surface area contributed by atoms with Gasteiger partial charge in [-0.25, -0.2) is 4.79 Å². The van der Waals surface area contributed by atoms with Crippen LogP contribution >= 0.6 is 0 Å². The van der Waals surface area contributed by atoms with Crippen molar-refractivity contribution in [1.29, 1.82) is 0 Å². The molecule has 1 heterocycles. The molecule has 2 aromatic rings. The molecule has 0 fully saturated rings. The van der Waals surface area contributed by atoms with E-state index in [1.165, 1.54) is 11.1 Å². The van der Waals surface area contributed by atoms with Gasteiger partial charge in [0, 0.05) is 12.6 Å². The number of rotatable bonds is 3. The largest absolute Gasteiger partial charge is 0.361 e. The van der Waals surface area contributed by atoms with Crippen molar-refractivity contribution in [3.63, 3.8) is 0 Å². The highest BCUT2D eigenvalue weighted by Gasteiger charge is 2.23. The molecule has 0 bridgehead atoms. The van der Waals surface area contributed by atoms with Crippen LogP contribution in [-0.4, -0.2) is 23.1 Å². The molecule has 1 aromatic heterocycles. The van der Waals surface area contributed by atoms with Gasteiger partial charge in [-0.05, 0) is 44.2 Å². The van der Waals surface area contributed by atoms with Crippen LogP contribution in [0.15, 0.2) is 28.8 Å². The van der Waals surface area contributed by atoms with Crippen LogP contribution in [0.2, 0.25) is 0 Å². The second-order valence-corrected chi connectivity index (χ2v) is 6.25. The van der Waals surface area contributed by atoms with Gasteiger partial charge in [0.1, 0.15) is 5.76 Å². The predicted octanol–water partition coefficient (Wildman–Crippen LogP) is 3.51. The number of nitrogens with one attached hydrogen (secondary N) is 1. The average molecular weight is 313 g/mol. The molecule has 1 atom stereocenters. The van der Waals surface area contributed by atoms with Crippen molar-refractivity contribution in [3.05, 3.63) is 52.4 Å². The average Bonchev–Trinajstić information content (AvgIpc) is 2.87. The monoisotopic (exact) mass is 313 g/mol. The summed E-state index contributed by atoms with van der Waals surface area (Å²) in [7, 11) is 1.80. The van der Waals surface area contributed by atoms with Gasteiger partial charge in [0.05, 0.1) is 18.3 Å². The Bertz CT molecular complexity index is 689. The third kappa shape index (κ3) is 3.23. The van der Waals surface area contributed by atoms with E-state index in [-0.39, 0.29) is 12.1 Å². The number of urea groups is 1. The lowest BCUT2D eigenvalue weighted by Gasteiger charge is -2.28. The Labute approximate surface area is 136 Å². The third-order valence-corrected chi connectivity index (χ3v) is 4.59. The second kappa shape index (κ2) is 6.44. The summed E-state index contributed by atoms with van der Waals surface area (Å²) in [5, 5.41) is 7.10. The van der Waals surface area contributed by atoms with Crippen molar-refractivity contribution in [2.45, 2.75) is 45.7 Å². The molecule has 0 saturated carbocycles. The van der Waals surface area contributed by atoms with Gasteiger partial charge >= 0.3 is 6.03 Å². The number of fused-ring (bicyclic) bond motifs is 1. The number of carbonyl (C=O) groups excluding carboxylic acids is 1. The van der Waals surface area contributed by atoms with Crippen LogP contribution in [-0.2, 0) is 13.0 Å². The van der Waals surface area contributed by atoms with E-state index < -0.39 is 0 Å². The molecule has 5 nitrogen and oxygen atoms in total. The minimum atomic E-state index is -0.0632. The van der Waals surface area contributed by atoms with Crippen molar-refractivity contribution >= 4 is 6.03 Å². The Balaban J connectivity index is 1.68. The Hall–Kier alpha value is -2.30. The van der Waals surface area contributed by atoms with Crippen LogP contribution in [0.3, 0.4) is 0 Å². The summed E-state index contributed by atoms with van der Waals surface area (Å²) in [6.45, 7) is 4.27. The number of hydrogen-bond donors (Lipinski definition) is 1. The highest BCUT2D eigenvalue weighted by atomic mass is 16.5. The van der Waals surface area contributed by atoms with Gasteiger partial charge < -0.3 is 14.7 Å². The normalized spacial score (nSPS) is 16.7. The number of nitrogens with zero attached hydrogens (tertiary/aromatic N) is 2. The first kappa shape index (κ1) is 15.6. The van der Waals surface area contributed by atoms with E-state index >= 15 is 0 Å². The van der Waals surface area contributed by atoms with E-state index in [0.717, 1.165) is 36.3 Å². The molecule has 0 spiro atoms. The number of aryl methyl sites for hydroxylation is 3. The second-order valence-electron chi connectivity index (χ2n) is 6.25. The van der Waals surface area contributed by atoms with E-state index in [1.54, 1.807) is 11.9 Å². The van der Waals surface area contributed by atoms with Crippen molar-refractivity contribution in [1.82, 2.24) is 15.4 Å². The molecule has 1 aliphatic carbocycles. The minimum Gasteiger partial charge on any atom is -0.361 e. The van der Waals surface area contributed by atoms with Crippen LogP contribution in [0.1, 0.15) is 47.0 Å². The molecule has 0 radical (unpaired) electrons. The number of benzene rings is 1. The molecule has 2 amide bonds. The fraction of sp³-hybridized carbons (Fsp3) is 0.444. The van der Waals surface area contributed by atoms with Gasteiger partial charge in [-0.2, -0.15) is 0 Å². The summed E-state index contributed by atoms with van der Waals surface area (Å²) in [6.07, 6.45) is 3.19. The van der Waals surface area contributed by atoms with Crippen LogP contribution in [0.25, 0.3) is 0 Å². The van der Waals surface area contributed by atoms with Crippen LogP contribution in [0.5, 0.6) is 0 Å². The molecule has 0 saturated heterocycles. The smallest absolute Gasteiger partial charge is 0.317 e. The van der Waals surface area contributed by atoms with Gasteiger partial charge in [-0.3, -0.25) is 0 Å². The van der Waals surface area contributed by atoms with Gasteiger partial charge in [0.25, 0.3) is 0 Å². The maximum atomic E-state index is 12.5. The standard InChI is InChI=1S/C18H23N3O2/c1-12-16(13(2)23-20-12)11-21(3)18(22)19-17-10-6-8-14-7-4-5-9-15(14)17/h4-5,7,9,17H,6,8,10-11H2,1-3H3,(H,19,22)/t17-/m0/s1. The lowest BCUT2D eigenvalue weighted by molar-refractivity contribution is 0.201. The van der Waals surface area contributed by atoms with E-state index in [2.05, 4.69) is 28.7 Å². The first-order chi connectivity index (χ1) is 11.1. The number of amides is 2. The highest BCUT2D eigenvalue weighted by Crippen LogP contribution is 2.29. The van der Waals surface area contributed by atoms with Crippen LogP contribution in [0.4, 0.5) is 4.79 Å². The Morgan fingerprint density at radius 1 is 1.39 bits per heavy atom. The lowest BCUT2D eigenvalue weighted by Crippen LogP contribution is -2.40. The first-order valence-corrected chi connectivity index (χ1v) is 8.07. The molecule has 1 N–H and O–H groups in total. The van der Waals surface area contributed by atoms with E-state index in [0.29, 0.717) is 6.54 Å². The van der Waals surface area contributed by atoms with Crippen molar-refractivity contribution in [2.75, 3.05) is 7.05 Å². The molecule has 5 heteroatoms. The maximum absolute atomic E-state index is 12.5. The van der Waals surface area contributed by atoms with E-state index in [9.17, 15) is 4.79 Å². The summed E-state index contributed by atoms with van der Waals surface area (Å²) in [4.78, 5) is 14.2. The van der Waals surface area contributed by atoms with Crippen LogP contribution < -0.4 is 5.32 Å². The SMILES string of the molecule is Cc1noc(C)c1CN(C)C(=O)N[C@H]1CCCc2ccccc21. The molecular formula is C18H23N3O2. The molecule has 0 unspecified atom stereocenters. The van der Waals surface area contributed by atoms with E-state index in [1.807, 2.05) is 19.9 Å². The van der Waals surface area contributed by atoms with Gasteiger partial charge in [-0.15, -0.1) is 0 Å². The topological polar surface area (TPSA) is 58.4 Å². The number of aromatic nitrogens is 1. The Morgan fingerprint density at radius 3 is 2.91 bits per heavy atom. The predicted molar refractivity (Wildman–Crippen MR) is 88.1 cm³/mol. The molecule has 3 rings (SSSR count). The number of hydrogen-bond acceptors (Lipinski definition) is 3. The van der Waals surface area contributed by atoms with Gasteiger partial charge in [0.2, 0.25) is 0 Å². The molecule has 0 aliphatic heterocycles. The van der Waals surface area contributed by atoms with Crippen molar-refractivity contribution in [2.24, 2.45) is 0 Å². The summed E-state index contributed by atoms with van der Waals surface area (Å²) in [5.41, 5.74) is 4.41. The molecule has 1 aliphatic rings. The first-order valence-electron chi connectivity index (χ1n) is 8.07. The van der Waals surface area contributed by atoms with Gasteiger partial charge in [-0.1, -0.05) is 29.4 Å². The molecule has 23 heavy (non-hydrogen) atoms. The quantitative estimate of drug-likeness (QED) is 0.943. The number of carbonyl (C=O) groups is 1. The van der Waals surface area contributed by atoms with Crippen molar-refractivity contribution in [3.8, 4) is 0 Å². The summed E-state index contributed by atoms with van der Waals surface area (Å²) >= 11 is 0. The molecular weight excluding hydrogens is 290 g/mol. The highest BCUT2D eigenvalue weighted by molar-refractivity contribution is 5.74. The van der Waals surface area contributed by atoms with Gasteiger partial charge in [0.15, 0.2) is 0 Å². The Morgan fingerprint density at radius 2 is 2.17 bits per heavy atom. The molecule has 122 valence electrons. The fourth-order valence-corrected chi connectivity index (χ4v) is 3.20.